The van der Waals surface area contributed by atoms with Gasteiger partial charge in [0.2, 0.25) is 5.65 Å². The van der Waals surface area contributed by atoms with E-state index in [0.717, 1.165) is 0 Å². The monoisotopic (exact) mass is 313 g/mol. The smallest absolute Gasteiger partial charge is 0.300 e. The molecule has 3 rings (SSSR count). The fourth-order valence-corrected chi connectivity index (χ4v) is 2.66. The summed E-state index contributed by atoms with van der Waals surface area (Å²) < 4.78 is 8.32. The fourth-order valence-electron chi connectivity index (χ4n) is 2.08. The average molecular weight is 313 g/mol. The van der Waals surface area contributed by atoms with Gasteiger partial charge in [-0.15, -0.1) is 10.2 Å². The van der Waals surface area contributed by atoms with Crippen molar-refractivity contribution >= 4 is 17.4 Å². The predicted molar refractivity (Wildman–Crippen MR) is 81.5 cm³/mol. The van der Waals surface area contributed by atoms with Crippen LogP contribution in [0, 0.1) is 11.3 Å². The largest absolute Gasteiger partial charge is 0.495 e. The molecule has 2 aromatic heterocycles. The van der Waals surface area contributed by atoms with Crippen molar-refractivity contribution in [2.75, 3.05) is 12.9 Å². The van der Waals surface area contributed by atoms with E-state index in [4.69, 9.17) is 10.00 Å². The van der Waals surface area contributed by atoms with Crippen LogP contribution in [0.4, 0.5) is 0 Å². The second-order valence-electron chi connectivity index (χ2n) is 4.27. The molecule has 0 aliphatic rings. The number of benzene rings is 1. The lowest BCUT2D eigenvalue weighted by molar-refractivity contribution is 0.412. The van der Waals surface area contributed by atoms with E-state index in [0.29, 0.717) is 16.6 Å². The Morgan fingerprint density at radius 1 is 1.32 bits per heavy atom. The Kier molecular flexibility index (Phi) is 3.80. The molecule has 0 N–H and O–H groups in total. The van der Waals surface area contributed by atoms with Crippen molar-refractivity contribution in [1.82, 2.24) is 19.2 Å². The van der Waals surface area contributed by atoms with Crippen molar-refractivity contribution in [2.45, 2.75) is 5.16 Å². The summed E-state index contributed by atoms with van der Waals surface area (Å²) in [6.07, 6.45) is 3.33. The van der Waals surface area contributed by atoms with Crippen molar-refractivity contribution in [3.05, 3.63) is 47.0 Å². The van der Waals surface area contributed by atoms with Crippen molar-refractivity contribution in [3.63, 3.8) is 0 Å². The maximum atomic E-state index is 12.6. The Hall–Kier alpha value is -2.79. The zero-order valence-electron chi connectivity index (χ0n) is 11.6. The average Bonchev–Trinajstić information content (AvgIpc) is 2.97. The number of hydrogen-bond donors (Lipinski definition) is 0. The van der Waals surface area contributed by atoms with Gasteiger partial charge in [-0.05, 0) is 12.1 Å². The van der Waals surface area contributed by atoms with Gasteiger partial charge in [0.15, 0.2) is 5.16 Å². The van der Waals surface area contributed by atoms with E-state index < -0.39 is 0 Å². The highest BCUT2D eigenvalue weighted by Crippen LogP contribution is 2.21. The third-order valence-electron chi connectivity index (χ3n) is 3.05. The van der Waals surface area contributed by atoms with Crippen LogP contribution >= 0.6 is 11.8 Å². The van der Waals surface area contributed by atoms with Crippen LogP contribution in [0.1, 0.15) is 0 Å². The summed E-state index contributed by atoms with van der Waals surface area (Å²) in [5, 5.41) is 17.0. The highest BCUT2D eigenvalue weighted by atomic mass is 32.2. The van der Waals surface area contributed by atoms with Crippen molar-refractivity contribution in [3.8, 4) is 17.5 Å². The SMILES string of the molecule is COc1ccccc1-n1ccn2c(SCC#N)nnc2c1=O. The molecule has 3 aromatic rings. The molecule has 7 nitrogen and oxygen atoms in total. The minimum atomic E-state index is -0.302. The maximum Gasteiger partial charge on any atom is 0.300 e. The highest BCUT2D eigenvalue weighted by molar-refractivity contribution is 7.99. The second kappa shape index (κ2) is 5.91. The molecule has 110 valence electrons. The third-order valence-corrected chi connectivity index (χ3v) is 3.86. The lowest BCUT2D eigenvalue weighted by Gasteiger charge is -2.10. The molecule has 2 heterocycles. The van der Waals surface area contributed by atoms with Crippen LogP contribution in [-0.2, 0) is 0 Å². The lowest BCUT2D eigenvalue weighted by Crippen LogP contribution is -2.20. The van der Waals surface area contributed by atoms with Crippen molar-refractivity contribution in [1.29, 1.82) is 5.26 Å². The molecule has 0 aliphatic heterocycles. The van der Waals surface area contributed by atoms with Gasteiger partial charge >= 0.3 is 5.56 Å². The number of fused-ring (bicyclic) bond motifs is 1. The molecule has 0 radical (unpaired) electrons. The van der Waals surface area contributed by atoms with Crippen LogP contribution in [0.15, 0.2) is 46.6 Å². The van der Waals surface area contributed by atoms with E-state index in [1.165, 1.54) is 16.3 Å². The molecule has 0 saturated heterocycles. The van der Waals surface area contributed by atoms with E-state index >= 15 is 0 Å². The molecule has 0 saturated carbocycles. The lowest BCUT2D eigenvalue weighted by atomic mass is 10.3. The van der Waals surface area contributed by atoms with E-state index in [1.807, 2.05) is 18.2 Å². The number of aromatic nitrogens is 4. The molecule has 0 aliphatic carbocycles. The first kappa shape index (κ1) is 14.2. The summed E-state index contributed by atoms with van der Waals surface area (Å²) in [5.41, 5.74) is 0.531. The summed E-state index contributed by atoms with van der Waals surface area (Å²) in [6.45, 7) is 0. The number of methoxy groups -OCH3 is 1. The Balaban J connectivity index is 2.16. The zero-order chi connectivity index (χ0) is 15.5. The van der Waals surface area contributed by atoms with Crippen LogP contribution in [0.3, 0.4) is 0 Å². The Morgan fingerprint density at radius 2 is 2.14 bits per heavy atom. The molecular weight excluding hydrogens is 302 g/mol. The minimum absolute atomic E-state index is 0.203. The Bertz CT molecular complexity index is 925. The van der Waals surface area contributed by atoms with Gasteiger partial charge in [-0.2, -0.15) is 5.26 Å². The number of hydrogen-bond acceptors (Lipinski definition) is 6. The van der Waals surface area contributed by atoms with E-state index in [-0.39, 0.29) is 17.0 Å². The molecular formula is C14H11N5O2S. The predicted octanol–water partition coefficient (Wildman–Crippen LogP) is 1.50. The van der Waals surface area contributed by atoms with E-state index in [9.17, 15) is 4.79 Å². The zero-order valence-corrected chi connectivity index (χ0v) is 12.4. The van der Waals surface area contributed by atoms with E-state index in [2.05, 4.69) is 10.2 Å². The molecule has 0 fully saturated rings. The molecule has 8 heteroatoms. The first-order chi connectivity index (χ1) is 10.8. The topological polar surface area (TPSA) is 85.2 Å². The van der Waals surface area contributed by atoms with Gasteiger partial charge in [-0.1, -0.05) is 23.9 Å². The summed E-state index contributed by atoms with van der Waals surface area (Å²) >= 11 is 1.23. The molecule has 0 amide bonds. The molecule has 0 bridgehead atoms. The number of nitrogens with zero attached hydrogens (tertiary/aromatic N) is 5. The van der Waals surface area contributed by atoms with Gasteiger partial charge in [0, 0.05) is 12.4 Å². The van der Waals surface area contributed by atoms with Gasteiger partial charge in [-0.25, -0.2) is 0 Å². The Morgan fingerprint density at radius 3 is 2.91 bits per heavy atom. The summed E-state index contributed by atoms with van der Waals surface area (Å²) in [7, 11) is 1.55. The maximum absolute atomic E-state index is 12.6. The number of nitriles is 1. The van der Waals surface area contributed by atoms with Gasteiger partial charge in [0.05, 0.1) is 24.6 Å². The number of rotatable bonds is 4. The number of thioether (sulfide) groups is 1. The Labute approximate surface area is 129 Å². The summed E-state index contributed by atoms with van der Waals surface area (Å²) in [6, 6.07) is 9.25. The van der Waals surface area contributed by atoms with Crippen LogP contribution in [0.25, 0.3) is 11.3 Å². The minimum Gasteiger partial charge on any atom is -0.495 e. The molecule has 0 spiro atoms. The normalized spacial score (nSPS) is 10.5. The first-order valence-corrected chi connectivity index (χ1v) is 7.34. The first-order valence-electron chi connectivity index (χ1n) is 6.36. The number of ether oxygens (including phenoxy) is 1. The summed E-state index contributed by atoms with van der Waals surface area (Å²) in [4.78, 5) is 12.6. The third kappa shape index (κ3) is 2.31. The fraction of sp³-hybridized carbons (Fsp3) is 0.143. The van der Waals surface area contributed by atoms with Gasteiger partial charge in [0.1, 0.15) is 5.75 Å². The van der Waals surface area contributed by atoms with Gasteiger partial charge < -0.3 is 4.74 Å². The van der Waals surface area contributed by atoms with Gasteiger partial charge in [0.25, 0.3) is 0 Å². The van der Waals surface area contributed by atoms with E-state index in [1.54, 1.807) is 36.0 Å². The van der Waals surface area contributed by atoms with Crippen LogP contribution in [0.5, 0.6) is 5.75 Å². The second-order valence-corrected chi connectivity index (χ2v) is 5.21. The quantitative estimate of drug-likeness (QED) is 0.679. The van der Waals surface area contributed by atoms with Crippen LogP contribution in [-0.4, -0.2) is 32.0 Å². The van der Waals surface area contributed by atoms with Gasteiger partial charge in [-0.3, -0.25) is 13.8 Å². The standard InChI is InChI=1S/C14H11N5O2S/c1-21-11-5-3-2-4-10(11)18-7-8-19-12(13(18)20)16-17-14(19)22-9-6-15/h2-5,7-8H,9H2,1H3. The van der Waals surface area contributed by atoms with Crippen molar-refractivity contribution < 1.29 is 4.74 Å². The van der Waals surface area contributed by atoms with Crippen LogP contribution < -0.4 is 10.3 Å². The molecule has 22 heavy (non-hydrogen) atoms. The number of para-hydroxylation sites is 2. The molecule has 1 aromatic carbocycles. The van der Waals surface area contributed by atoms with Crippen molar-refractivity contribution in [2.24, 2.45) is 0 Å². The van der Waals surface area contributed by atoms with Crippen LogP contribution in [0.2, 0.25) is 0 Å². The molecule has 0 atom stereocenters. The molecule has 0 unspecified atom stereocenters. The highest BCUT2D eigenvalue weighted by Gasteiger charge is 2.13. The summed E-state index contributed by atoms with van der Waals surface area (Å²) in [5.74, 6) is 0.837.